The number of nitrogens with one attached hydrogen (secondary N) is 1. The lowest BCUT2D eigenvalue weighted by atomic mass is 10.1. The van der Waals surface area contributed by atoms with Crippen LogP contribution < -0.4 is 11.1 Å². The van der Waals surface area contributed by atoms with Crippen LogP contribution in [0.4, 0.5) is 0 Å². The van der Waals surface area contributed by atoms with Gasteiger partial charge in [0.25, 0.3) is 0 Å². The van der Waals surface area contributed by atoms with Gasteiger partial charge in [0.05, 0.1) is 6.26 Å². The van der Waals surface area contributed by atoms with Gasteiger partial charge in [-0.25, -0.2) is 0 Å². The van der Waals surface area contributed by atoms with Gasteiger partial charge in [-0.3, -0.25) is 0 Å². The number of furan rings is 1. The second-order valence-electron chi connectivity index (χ2n) is 4.02. The molecule has 5 heteroatoms. The second-order valence-corrected chi connectivity index (χ2v) is 4.02. The molecule has 2 atom stereocenters. The van der Waals surface area contributed by atoms with E-state index in [1.807, 2.05) is 19.1 Å². The lowest BCUT2D eigenvalue weighted by molar-refractivity contribution is 0.313. The largest absolute Gasteiger partial charge is 0.469 e. The highest BCUT2D eigenvalue weighted by molar-refractivity contribution is 5.82. The first-order valence-corrected chi connectivity index (χ1v) is 5.36. The Morgan fingerprint density at radius 1 is 1.62 bits per heavy atom. The van der Waals surface area contributed by atoms with E-state index in [-0.39, 0.29) is 11.8 Å². The number of hydrogen-bond donors (Lipinski definition) is 3. The summed E-state index contributed by atoms with van der Waals surface area (Å²) in [6.45, 7) is 4.65. The molecule has 0 aromatic carbocycles. The van der Waals surface area contributed by atoms with Crippen molar-refractivity contribution >= 4 is 5.84 Å². The molecule has 0 aliphatic heterocycles. The van der Waals surface area contributed by atoms with E-state index in [0.717, 1.165) is 12.2 Å². The Hall–Kier alpha value is -1.49. The van der Waals surface area contributed by atoms with Gasteiger partial charge in [-0.2, -0.15) is 0 Å². The quantitative estimate of drug-likeness (QED) is 0.294. The molecular weight excluding hydrogens is 206 g/mol. The number of amidine groups is 1. The van der Waals surface area contributed by atoms with Crippen LogP contribution in [0.1, 0.15) is 19.6 Å². The standard InChI is InChI=1S/C11H19N3O2/c1-8(11(12)14-15)7-13-9(2)6-10-4-3-5-16-10/h3-5,8-9,13,15H,6-7H2,1-2H3,(H2,12,14). The zero-order valence-corrected chi connectivity index (χ0v) is 9.68. The first-order valence-electron chi connectivity index (χ1n) is 5.36. The number of rotatable bonds is 6. The van der Waals surface area contributed by atoms with Crippen LogP contribution in [-0.4, -0.2) is 23.6 Å². The van der Waals surface area contributed by atoms with Crippen molar-refractivity contribution in [3.63, 3.8) is 0 Å². The minimum absolute atomic E-state index is 0.0176. The van der Waals surface area contributed by atoms with Crippen molar-refractivity contribution in [3.05, 3.63) is 24.2 Å². The molecular formula is C11H19N3O2. The van der Waals surface area contributed by atoms with Crippen LogP contribution in [0.2, 0.25) is 0 Å². The molecule has 1 aromatic heterocycles. The van der Waals surface area contributed by atoms with E-state index in [2.05, 4.69) is 17.4 Å². The number of nitrogens with two attached hydrogens (primary N) is 1. The summed E-state index contributed by atoms with van der Waals surface area (Å²) >= 11 is 0. The first kappa shape index (κ1) is 12.6. The second kappa shape index (κ2) is 6.17. The van der Waals surface area contributed by atoms with Gasteiger partial charge >= 0.3 is 0 Å². The van der Waals surface area contributed by atoms with Crippen molar-refractivity contribution in [2.45, 2.75) is 26.3 Å². The van der Waals surface area contributed by atoms with Crippen LogP contribution in [0.5, 0.6) is 0 Å². The topological polar surface area (TPSA) is 83.8 Å². The summed E-state index contributed by atoms with van der Waals surface area (Å²) in [5.41, 5.74) is 5.48. The van der Waals surface area contributed by atoms with Gasteiger partial charge in [0, 0.05) is 24.9 Å². The fourth-order valence-corrected chi connectivity index (χ4v) is 1.38. The summed E-state index contributed by atoms with van der Waals surface area (Å²) in [6.07, 6.45) is 2.50. The van der Waals surface area contributed by atoms with Crippen LogP contribution in [0.25, 0.3) is 0 Å². The summed E-state index contributed by atoms with van der Waals surface area (Å²) in [5, 5.41) is 14.8. The van der Waals surface area contributed by atoms with E-state index in [9.17, 15) is 0 Å². The Morgan fingerprint density at radius 3 is 2.94 bits per heavy atom. The highest BCUT2D eigenvalue weighted by atomic mass is 16.4. The third-order valence-electron chi connectivity index (χ3n) is 2.48. The molecule has 0 spiro atoms. The molecule has 0 bridgehead atoms. The Bertz CT molecular complexity index is 322. The number of oxime groups is 1. The molecule has 5 nitrogen and oxygen atoms in total. The molecule has 1 rings (SSSR count). The summed E-state index contributed by atoms with van der Waals surface area (Å²) < 4.78 is 5.25. The summed E-state index contributed by atoms with van der Waals surface area (Å²) in [7, 11) is 0. The van der Waals surface area contributed by atoms with Crippen molar-refractivity contribution in [1.29, 1.82) is 0 Å². The lowest BCUT2D eigenvalue weighted by Crippen LogP contribution is -2.36. The molecule has 0 radical (unpaired) electrons. The number of hydrogen-bond acceptors (Lipinski definition) is 4. The maximum Gasteiger partial charge on any atom is 0.143 e. The van der Waals surface area contributed by atoms with Crippen LogP contribution >= 0.6 is 0 Å². The molecule has 4 N–H and O–H groups in total. The minimum atomic E-state index is 0.0176. The molecule has 2 unspecified atom stereocenters. The average Bonchev–Trinajstić information content (AvgIpc) is 2.77. The van der Waals surface area contributed by atoms with Crippen molar-refractivity contribution in [1.82, 2.24) is 5.32 Å². The van der Waals surface area contributed by atoms with Crippen molar-refractivity contribution in [2.24, 2.45) is 16.8 Å². The fourth-order valence-electron chi connectivity index (χ4n) is 1.38. The van der Waals surface area contributed by atoms with E-state index in [1.165, 1.54) is 0 Å². The molecule has 0 saturated carbocycles. The normalized spacial score (nSPS) is 16.0. The number of nitrogens with zero attached hydrogens (tertiary/aromatic N) is 1. The molecule has 90 valence electrons. The zero-order valence-electron chi connectivity index (χ0n) is 9.68. The summed E-state index contributed by atoms with van der Waals surface area (Å²) in [6, 6.07) is 4.12. The van der Waals surface area contributed by atoms with Gasteiger partial charge in [0.1, 0.15) is 11.6 Å². The van der Waals surface area contributed by atoms with Gasteiger partial charge in [0.2, 0.25) is 0 Å². The predicted octanol–water partition coefficient (Wildman–Crippen LogP) is 1.18. The predicted molar refractivity (Wildman–Crippen MR) is 62.4 cm³/mol. The van der Waals surface area contributed by atoms with E-state index >= 15 is 0 Å². The Morgan fingerprint density at radius 2 is 2.38 bits per heavy atom. The molecule has 0 fully saturated rings. The fraction of sp³-hybridized carbons (Fsp3) is 0.545. The zero-order chi connectivity index (χ0) is 12.0. The van der Waals surface area contributed by atoms with E-state index in [4.69, 9.17) is 15.4 Å². The molecule has 0 aliphatic carbocycles. The molecule has 0 amide bonds. The molecule has 1 heterocycles. The molecule has 0 aliphatic rings. The van der Waals surface area contributed by atoms with Crippen LogP contribution in [-0.2, 0) is 6.42 Å². The smallest absolute Gasteiger partial charge is 0.143 e. The Kier molecular flexibility index (Phi) is 4.85. The van der Waals surface area contributed by atoms with Crippen LogP contribution in [0.15, 0.2) is 28.0 Å². The summed E-state index contributed by atoms with van der Waals surface area (Å²) in [5.74, 6) is 1.22. The van der Waals surface area contributed by atoms with Crippen molar-refractivity contribution < 1.29 is 9.62 Å². The highest BCUT2D eigenvalue weighted by Gasteiger charge is 2.10. The van der Waals surface area contributed by atoms with Gasteiger partial charge in [-0.1, -0.05) is 12.1 Å². The van der Waals surface area contributed by atoms with Gasteiger partial charge < -0.3 is 20.7 Å². The molecule has 16 heavy (non-hydrogen) atoms. The van der Waals surface area contributed by atoms with Gasteiger partial charge in [-0.15, -0.1) is 0 Å². The first-order chi connectivity index (χ1) is 7.63. The lowest BCUT2D eigenvalue weighted by Gasteiger charge is -2.15. The van der Waals surface area contributed by atoms with E-state index < -0.39 is 0 Å². The maximum absolute atomic E-state index is 8.50. The monoisotopic (exact) mass is 225 g/mol. The highest BCUT2D eigenvalue weighted by Crippen LogP contribution is 2.04. The summed E-state index contributed by atoms with van der Waals surface area (Å²) in [4.78, 5) is 0. The van der Waals surface area contributed by atoms with Crippen molar-refractivity contribution in [3.8, 4) is 0 Å². The minimum Gasteiger partial charge on any atom is -0.469 e. The van der Waals surface area contributed by atoms with Crippen molar-refractivity contribution in [2.75, 3.05) is 6.54 Å². The maximum atomic E-state index is 8.50. The van der Waals surface area contributed by atoms with Crippen LogP contribution in [0.3, 0.4) is 0 Å². The third kappa shape index (κ3) is 3.94. The van der Waals surface area contributed by atoms with Gasteiger partial charge in [-0.05, 0) is 19.1 Å². The Balaban J connectivity index is 2.27. The average molecular weight is 225 g/mol. The van der Waals surface area contributed by atoms with E-state index in [1.54, 1.807) is 6.26 Å². The van der Waals surface area contributed by atoms with E-state index in [0.29, 0.717) is 12.6 Å². The van der Waals surface area contributed by atoms with Crippen LogP contribution in [0, 0.1) is 5.92 Å². The Labute approximate surface area is 95.3 Å². The molecule has 0 saturated heterocycles. The molecule has 1 aromatic rings. The van der Waals surface area contributed by atoms with Gasteiger partial charge in [0.15, 0.2) is 0 Å². The SMILES string of the molecule is CC(Cc1ccco1)NCC(C)C(N)=NO. The third-order valence-corrected chi connectivity index (χ3v) is 2.48.